The summed E-state index contributed by atoms with van der Waals surface area (Å²) in [6.07, 6.45) is -0.309. The van der Waals surface area contributed by atoms with Gasteiger partial charge in [0, 0.05) is 28.4 Å². The first-order valence-corrected chi connectivity index (χ1v) is 8.66. The highest BCUT2D eigenvalue weighted by atomic mass is 35.5. The summed E-state index contributed by atoms with van der Waals surface area (Å²) in [6.45, 7) is 2.18. The van der Waals surface area contributed by atoms with Gasteiger partial charge in [0.05, 0.1) is 12.8 Å². The highest BCUT2D eigenvalue weighted by molar-refractivity contribution is 7.12. The first-order chi connectivity index (χ1) is 11.9. The van der Waals surface area contributed by atoms with Crippen LogP contribution < -0.4 is 15.4 Å². The van der Waals surface area contributed by atoms with E-state index in [1.165, 1.54) is 13.2 Å². The molecule has 8 heteroatoms. The third-order valence-electron chi connectivity index (χ3n) is 3.43. The van der Waals surface area contributed by atoms with Gasteiger partial charge in [0.2, 0.25) is 0 Å². The number of thiophene rings is 1. The van der Waals surface area contributed by atoms with Gasteiger partial charge in [-0.2, -0.15) is 0 Å². The lowest BCUT2D eigenvalue weighted by Gasteiger charge is -2.15. The molecule has 1 aromatic heterocycles. The number of aryl methyl sites for hydroxylation is 1. The van der Waals surface area contributed by atoms with Crippen molar-refractivity contribution in [2.75, 3.05) is 26.1 Å². The number of hydrogen-bond acceptors (Lipinski definition) is 5. The largest absolute Gasteiger partial charge is 0.495 e. The predicted octanol–water partition coefficient (Wildman–Crippen LogP) is 3.16. The van der Waals surface area contributed by atoms with Crippen molar-refractivity contribution in [3.8, 4) is 5.75 Å². The van der Waals surface area contributed by atoms with Crippen LogP contribution in [-0.2, 0) is 14.3 Å². The molecule has 0 spiro atoms. The molecule has 0 radical (unpaired) electrons. The van der Waals surface area contributed by atoms with Crippen molar-refractivity contribution in [1.29, 1.82) is 0 Å². The molecule has 1 aromatic carbocycles. The van der Waals surface area contributed by atoms with E-state index in [0.29, 0.717) is 16.5 Å². The smallest absolute Gasteiger partial charge is 0.313 e. The fourth-order valence-corrected chi connectivity index (χ4v) is 3.28. The molecule has 0 aliphatic rings. The maximum absolute atomic E-state index is 12.1. The molecular formula is C17H19ClN2O4S. The van der Waals surface area contributed by atoms with Crippen LogP contribution in [0.25, 0.3) is 0 Å². The zero-order chi connectivity index (χ0) is 18.4. The van der Waals surface area contributed by atoms with Gasteiger partial charge in [-0.3, -0.25) is 9.59 Å². The Morgan fingerprint density at radius 2 is 1.96 bits per heavy atom. The average molecular weight is 383 g/mol. The lowest BCUT2D eigenvalue weighted by atomic mass is 10.2. The fraction of sp³-hybridized carbons (Fsp3) is 0.294. The van der Waals surface area contributed by atoms with Crippen molar-refractivity contribution in [2.45, 2.75) is 13.0 Å². The quantitative estimate of drug-likeness (QED) is 0.752. The summed E-state index contributed by atoms with van der Waals surface area (Å²) >= 11 is 7.49. The van der Waals surface area contributed by atoms with E-state index in [1.807, 2.05) is 19.1 Å². The number of ether oxygens (including phenoxy) is 2. The molecule has 0 unspecified atom stereocenters. The normalized spacial score (nSPS) is 11.7. The summed E-state index contributed by atoms with van der Waals surface area (Å²) in [6, 6.07) is 8.67. The van der Waals surface area contributed by atoms with E-state index in [-0.39, 0.29) is 12.6 Å². The molecule has 2 amide bonds. The molecule has 2 N–H and O–H groups in total. The Labute approximate surface area is 155 Å². The summed E-state index contributed by atoms with van der Waals surface area (Å²) in [4.78, 5) is 26.2. The van der Waals surface area contributed by atoms with E-state index < -0.39 is 11.8 Å². The number of amides is 2. The van der Waals surface area contributed by atoms with Gasteiger partial charge in [0.25, 0.3) is 0 Å². The minimum atomic E-state index is -0.808. The summed E-state index contributed by atoms with van der Waals surface area (Å²) < 4.78 is 10.5. The molecule has 134 valence electrons. The van der Waals surface area contributed by atoms with Crippen LogP contribution >= 0.6 is 22.9 Å². The monoisotopic (exact) mass is 382 g/mol. The van der Waals surface area contributed by atoms with Crippen LogP contribution in [0.4, 0.5) is 5.69 Å². The molecule has 2 aromatic rings. The van der Waals surface area contributed by atoms with Crippen LogP contribution in [-0.4, -0.2) is 32.6 Å². The zero-order valence-electron chi connectivity index (χ0n) is 14.1. The Morgan fingerprint density at radius 1 is 1.20 bits per heavy atom. The summed E-state index contributed by atoms with van der Waals surface area (Å²) in [7, 11) is 3.02. The van der Waals surface area contributed by atoms with E-state index in [2.05, 4.69) is 10.6 Å². The van der Waals surface area contributed by atoms with Crippen LogP contribution in [0.1, 0.15) is 15.9 Å². The van der Waals surface area contributed by atoms with Crippen molar-refractivity contribution in [3.05, 3.63) is 45.1 Å². The number of anilines is 1. The van der Waals surface area contributed by atoms with Gasteiger partial charge in [0.15, 0.2) is 0 Å². The van der Waals surface area contributed by atoms with E-state index in [4.69, 9.17) is 21.1 Å². The van der Waals surface area contributed by atoms with Crippen LogP contribution in [0.15, 0.2) is 30.3 Å². The second-order valence-electron chi connectivity index (χ2n) is 5.18. The number of carbonyl (C=O) groups is 2. The Bertz CT molecular complexity index is 763. The standard InChI is InChI=1S/C17H19ClN2O4S/c1-10-4-7-15(25-10)14(24-3)9-19-16(21)17(22)20-12-8-11(18)5-6-13(12)23-2/h4-8,14H,9H2,1-3H3,(H,19,21)(H,20,22)/t14-/m0/s1. The molecule has 1 atom stereocenters. The van der Waals surface area contributed by atoms with Gasteiger partial charge in [-0.1, -0.05) is 11.6 Å². The summed E-state index contributed by atoms with van der Waals surface area (Å²) in [5.41, 5.74) is 0.326. The van der Waals surface area contributed by atoms with E-state index in [0.717, 1.165) is 9.75 Å². The van der Waals surface area contributed by atoms with E-state index in [1.54, 1.807) is 30.6 Å². The molecule has 2 rings (SSSR count). The Morgan fingerprint density at radius 3 is 2.56 bits per heavy atom. The van der Waals surface area contributed by atoms with Crippen molar-refractivity contribution in [2.24, 2.45) is 0 Å². The zero-order valence-corrected chi connectivity index (χ0v) is 15.7. The van der Waals surface area contributed by atoms with Gasteiger partial charge < -0.3 is 20.1 Å². The predicted molar refractivity (Wildman–Crippen MR) is 98.4 cm³/mol. The Balaban J connectivity index is 1.96. The molecule has 6 nitrogen and oxygen atoms in total. The molecule has 1 heterocycles. The van der Waals surface area contributed by atoms with Crippen LogP contribution in [0.5, 0.6) is 5.75 Å². The van der Waals surface area contributed by atoms with E-state index >= 15 is 0 Å². The SMILES string of the molecule is COc1ccc(Cl)cc1NC(=O)C(=O)NC[C@H](OC)c1ccc(C)s1. The molecule has 0 saturated carbocycles. The highest BCUT2D eigenvalue weighted by Crippen LogP contribution is 2.27. The minimum Gasteiger partial charge on any atom is -0.495 e. The highest BCUT2D eigenvalue weighted by Gasteiger charge is 2.19. The third kappa shape index (κ3) is 5.19. The van der Waals surface area contributed by atoms with Crippen molar-refractivity contribution >= 4 is 40.4 Å². The van der Waals surface area contributed by atoms with Crippen LogP contribution in [0, 0.1) is 6.92 Å². The number of nitrogens with one attached hydrogen (secondary N) is 2. The molecule has 25 heavy (non-hydrogen) atoms. The van der Waals surface area contributed by atoms with Gasteiger partial charge in [-0.05, 0) is 37.3 Å². The van der Waals surface area contributed by atoms with Gasteiger partial charge in [-0.15, -0.1) is 11.3 Å². The van der Waals surface area contributed by atoms with Crippen LogP contribution in [0.2, 0.25) is 5.02 Å². The molecular weight excluding hydrogens is 364 g/mol. The number of carbonyl (C=O) groups excluding carboxylic acids is 2. The van der Waals surface area contributed by atoms with E-state index in [9.17, 15) is 9.59 Å². The number of halogens is 1. The van der Waals surface area contributed by atoms with Crippen molar-refractivity contribution in [3.63, 3.8) is 0 Å². The molecule has 0 fully saturated rings. The summed E-state index contributed by atoms with van der Waals surface area (Å²) in [5.74, 6) is -1.16. The maximum atomic E-state index is 12.1. The number of hydrogen-bond donors (Lipinski definition) is 2. The second-order valence-corrected chi connectivity index (χ2v) is 6.94. The minimum absolute atomic E-state index is 0.190. The Hall–Kier alpha value is -2.09. The second kappa shape index (κ2) is 8.84. The molecule has 0 bridgehead atoms. The topological polar surface area (TPSA) is 76.7 Å². The number of rotatable bonds is 6. The maximum Gasteiger partial charge on any atom is 0.313 e. The fourth-order valence-electron chi connectivity index (χ4n) is 2.15. The lowest BCUT2D eigenvalue weighted by molar-refractivity contribution is -0.136. The number of methoxy groups -OCH3 is 2. The molecule has 0 aliphatic heterocycles. The summed E-state index contributed by atoms with van der Waals surface area (Å²) in [5, 5.41) is 5.48. The van der Waals surface area contributed by atoms with Gasteiger partial charge in [0.1, 0.15) is 11.9 Å². The first kappa shape index (κ1) is 19.2. The van der Waals surface area contributed by atoms with Gasteiger partial charge in [-0.25, -0.2) is 0 Å². The first-order valence-electron chi connectivity index (χ1n) is 7.46. The Kier molecular flexibility index (Phi) is 6.81. The molecule has 0 saturated heterocycles. The number of benzene rings is 1. The van der Waals surface area contributed by atoms with Crippen molar-refractivity contribution < 1.29 is 19.1 Å². The lowest BCUT2D eigenvalue weighted by Crippen LogP contribution is -2.37. The third-order valence-corrected chi connectivity index (χ3v) is 4.75. The van der Waals surface area contributed by atoms with Crippen molar-refractivity contribution in [1.82, 2.24) is 5.32 Å². The van der Waals surface area contributed by atoms with Crippen LogP contribution in [0.3, 0.4) is 0 Å². The molecule has 0 aliphatic carbocycles. The average Bonchev–Trinajstić information content (AvgIpc) is 3.01. The van der Waals surface area contributed by atoms with Gasteiger partial charge >= 0.3 is 11.8 Å².